The van der Waals surface area contributed by atoms with Gasteiger partial charge in [0, 0.05) is 12.7 Å². The maximum atomic E-state index is 9.11. The van der Waals surface area contributed by atoms with Crippen molar-refractivity contribution in [3.8, 4) is 6.07 Å². The lowest BCUT2D eigenvalue weighted by atomic mass is 9.76. The summed E-state index contributed by atoms with van der Waals surface area (Å²) in [6, 6.07) is 4.22. The van der Waals surface area contributed by atoms with E-state index in [0.29, 0.717) is 11.5 Å². The standard InChI is InChI=1S/C16H19N3/c1-11-14(8-17)7-16(10-19-11)13-3-2-12-4-5-18-9-15(12)6-13/h6-7,10,12,15,18H,2-5,9H2,1H3/t12-,15+/m1/s1. The third-order valence-corrected chi connectivity index (χ3v) is 4.46. The predicted octanol–water partition coefficient (Wildman–Crippen LogP) is 2.66. The van der Waals surface area contributed by atoms with Crippen LogP contribution in [0.1, 0.15) is 36.1 Å². The second kappa shape index (κ2) is 5.14. The van der Waals surface area contributed by atoms with Crippen molar-refractivity contribution in [3.63, 3.8) is 0 Å². The van der Waals surface area contributed by atoms with Crippen molar-refractivity contribution in [1.82, 2.24) is 10.3 Å². The summed E-state index contributed by atoms with van der Waals surface area (Å²) in [6.45, 7) is 4.15. The van der Waals surface area contributed by atoms with Gasteiger partial charge in [0.2, 0.25) is 0 Å². The number of hydrogen-bond acceptors (Lipinski definition) is 3. The van der Waals surface area contributed by atoms with E-state index in [9.17, 15) is 0 Å². The molecule has 1 aliphatic heterocycles. The summed E-state index contributed by atoms with van der Waals surface area (Å²) >= 11 is 0. The van der Waals surface area contributed by atoms with E-state index in [2.05, 4.69) is 22.4 Å². The van der Waals surface area contributed by atoms with Crippen LogP contribution in [0.25, 0.3) is 5.57 Å². The van der Waals surface area contributed by atoms with Crippen LogP contribution < -0.4 is 5.32 Å². The van der Waals surface area contributed by atoms with Gasteiger partial charge in [0.25, 0.3) is 0 Å². The van der Waals surface area contributed by atoms with Crippen LogP contribution in [0.15, 0.2) is 18.3 Å². The molecule has 3 nitrogen and oxygen atoms in total. The Labute approximate surface area is 114 Å². The normalized spacial score (nSPS) is 26.2. The lowest BCUT2D eigenvalue weighted by Crippen LogP contribution is -2.37. The SMILES string of the molecule is Cc1ncc(C2=C[C@H]3CNCC[C@H]3CC2)cc1C#N. The van der Waals surface area contributed by atoms with Crippen LogP contribution in [0.5, 0.6) is 0 Å². The fourth-order valence-corrected chi connectivity index (χ4v) is 3.24. The van der Waals surface area contributed by atoms with Gasteiger partial charge in [-0.1, -0.05) is 6.08 Å². The van der Waals surface area contributed by atoms with Gasteiger partial charge in [0.15, 0.2) is 0 Å². The fourth-order valence-electron chi connectivity index (χ4n) is 3.24. The maximum absolute atomic E-state index is 9.11. The summed E-state index contributed by atoms with van der Waals surface area (Å²) in [7, 11) is 0. The van der Waals surface area contributed by atoms with E-state index >= 15 is 0 Å². The van der Waals surface area contributed by atoms with Gasteiger partial charge in [-0.05, 0) is 61.8 Å². The third kappa shape index (κ3) is 2.41. The number of rotatable bonds is 1. The molecule has 0 unspecified atom stereocenters. The molecule has 0 amide bonds. The summed E-state index contributed by atoms with van der Waals surface area (Å²) in [5.74, 6) is 1.50. The number of aromatic nitrogens is 1. The van der Waals surface area contributed by atoms with Crippen molar-refractivity contribution >= 4 is 5.57 Å². The zero-order chi connectivity index (χ0) is 13.2. The topological polar surface area (TPSA) is 48.7 Å². The maximum Gasteiger partial charge on any atom is 0.101 e. The zero-order valence-electron chi connectivity index (χ0n) is 11.3. The summed E-state index contributed by atoms with van der Waals surface area (Å²) in [5, 5.41) is 12.6. The van der Waals surface area contributed by atoms with Gasteiger partial charge in [-0.2, -0.15) is 5.26 Å². The highest BCUT2D eigenvalue weighted by atomic mass is 14.9. The number of nitrogens with one attached hydrogen (secondary N) is 1. The molecule has 0 spiro atoms. The fraction of sp³-hybridized carbons (Fsp3) is 0.500. The highest BCUT2D eigenvalue weighted by Crippen LogP contribution is 2.36. The number of nitrogens with zero attached hydrogens (tertiary/aromatic N) is 2. The minimum Gasteiger partial charge on any atom is -0.316 e. The molecular formula is C16H19N3. The minimum atomic E-state index is 0.657. The number of pyridine rings is 1. The average molecular weight is 253 g/mol. The Kier molecular flexibility index (Phi) is 3.35. The summed E-state index contributed by atoms with van der Waals surface area (Å²) in [6.07, 6.45) is 8.02. The smallest absolute Gasteiger partial charge is 0.101 e. The zero-order valence-corrected chi connectivity index (χ0v) is 11.3. The first kappa shape index (κ1) is 12.4. The Morgan fingerprint density at radius 2 is 2.32 bits per heavy atom. The molecule has 19 heavy (non-hydrogen) atoms. The molecule has 0 aromatic carbocycles. The van der Waals surface area contributed by atoms with E-state index in [-0.39, 0.29) is 0 Å². The van der Waals surface area contributed by atoms with Crippen LogP contribution in [0.3, 0.4) is 0 Å². The molecular weight excluding hydrogens is 234 g/mol. The Morgan fingerprint density at radius 3 is 3.16 bits per heavy atom. The Hall–Kier alpha value is -1.66. The second-order valence-electron chi connectivity index (χ2n) is 5.62. The number of allylic oxidation sites excluding steroid dienone is 1. The average Bonchev–Trinajstić information content (AvgIpc) is 2.47. The number of aryl methyl sites for hydroxylation is 1. The van der Waals surface area contributed by atoms with Crippen LogP contribution in [-0.2, 0) is 0 Å². The van der Waals surface area contributed by atoms with Crippen LogP contribution >= 0.6 is 0 Å². The first-order valence-corrected chi connectivity index (χ1v) is 7.06. The summed E-state index contributed by atoms with van der Waals surface area (Å²) < 4.78 is 0. The van der Waals surface area contributed by atoms with E-state index in [0.717, 1.165) is 36.7 Å². The Balaban J connectivity index is 1.90. The first-order valence-electron chi connectivity index (χ1n) is 7.06. The molecule has 0 radical (unpaired) electrons. The van der Waals surface area contributed by atoms with Crippen LogP contribution in [0.2, 0.25) is 0 Å². The van der Waals surface area contributed by atoms with Gasteiger partial charge < -0.3 is 5.32 Å². The van der Waals surface area contributed by atoms with Crippen molar-refractivity contribution in [2.75, 3.05) is 13.1 Å². The molecule has 0 saturated carbocycles. The Bertz CT molecular complexity index is 554. The van der Waals surface area contributed by atoms with Crippen molar-refractivity contribution in [1.29, 1.82) is 5.26 Å². The molecule has 1 aliphatic carbocycles. The molecule has 1 saturated heterocycles. The van der Waals surface area contributed by atoms with Crippen LogP contribution in [0.4, 0.5) is 0 Å². The molecule has 98 valence electrons. The monoisotopic (exact) mass is 253 g/mol. The predicted molar refractivity (Wildman–Crippen MR) is 75.4 cm³/mol. The quantitative estimate of drug-likeness (QED) is 0.837. The van der Waals surface area contributed by atoms with Crippen LogP contribution in [-0.4, -0.2) is 18.1 Å². The molecule has 1 aromatic heterocycles. The number of hydrogen-bond donors (Lipinski definition) is 1. The first-order chi connectivity index (χ1) is 9.28. The Morgan fingerprint density at radius 1 is 1.42 bits per heavy atom. The van der Waals surface area contributed by atoms with Crippen molar-refractivity contribution in [2.24, 2.45) is 11.8 Å². The van der Waals surface area contributed by atoms with Gasteiger partial charge >= 0.3 is 0 Å². The van der Waals surface area contributed by atoms with Crippen molar-refractivity contribution in [2.45, 2.75) is 26.2 Å². The highest BCUT2D eigenvalue weighted by molar-refractivity contribution is 5.67. The van der Waals surface area contributed by atoms with Gasteiger partial charge in [-0.3, -0.25) is 4.98 Å². The molecule has 0 bridgehead atoms. The largest absolute Gasteiger partial charge is 0.316 e. The third-order valence-electron chi connectivity index (χ3n) is 4.46. The molecule has 2 atom stereocenters. The second-order valence-corrected chi connectivity index (χ2v) is 5.62. The van der Waals surface area contributed by atoms with E-state index in [1.165, 1.54) is 18.4 Å². The van der Waals surface area contributed by atoms with Crippen LogP contribution in [0, 0.1) is 30.1 Å². The number of nitriles is 1. The molecule has 2 aliphatic rings. The molecule has 1 fully saturated rings. The number of fused-ring (bicyclic) bond motifs is 1. The number of piperidine rings is 1. The van der Waals surface area contributed by atoms with Crippen molar-refractivity contribution < 1.29 is 0 Å². The lowest BCUT2D eigenvalue weighted by Gasteiger charge is -2.34. The van der Waals surface area contributed by atoms with Gasteiger partial charge in [0.1, 0.15) is 6.07 Å². The highest BCUT2D eigenvalue weighted by Gasteiger charge is 2.27. The summed E-state index contributed by atoms with van der Waals surface area (Å²) in [5.41, 5.74) is 4.02. The summed E-state index contributed by atoms with van der Waals surface area (Å²) in [4.78, 5) is 4.35. The lowest BCUT2D eigenvalue weighted by molar-refractivity contribution is 0.279. The van der Waals surface area contributed by atoms with Gasteiger partial charge in [0.05, 0.1) is 11.3 Å². The van der Waals surface area contributed by atoms with Gasteiger partial charge in [-0.15, -0.1) is 0 Å². The van der Waals surface area contributed by atoms with Gasteiger partial charge in [-0.25, -0.2) is 0 Å². The molecule has 3 heteroatoms. The van der Waals surface area contributed by atoms with E-state index in [1.807, 2.05) is 19.2 Å². The van der Waals surface area contributed by atoms with E-state index in [1.54, 1.807) is 0 Å². The molecule has 1 N–H and O–H groups in total. The molecule has 3 rings (SSSR count). The van der Waals surface area contributed by atoms with E-state index in [4.69, 9.17) is 5.26 Å². The van der Waals surface area contributed by atoms with Crippen molar-refractivity contribution in [3.05, 3.63) is 35.2 Å². The minimum absolute atomic E-state index is 0.657. The molecule has 2 heterocycles. The molecule has 1 aromatic rings. The van der Waals surface area contributed by atoms with E-state index < -0.39 is 0 Å².